The van der Waals surface area contributed by atoms with Crippen LogP contribution in [0.2, 0.25) is 0 Å². The van der Waals surface area contributed by atoms with Gasteiger partial charge in [-0.25, -0.2) is 9.78 Å². The Labute approximate surface area is 151 Å². The van der Waals surface area contributed by atoms with Gasteiger partial charge in [0.1, 0.15) is 5.75 Å². The summed E-state index contributed by atoms with van der Waals surface area (Å²) in [4.78, 5) is 16.8. The molecule has 0 atom stereocenters. The van der Waals surface area contributed by atoms with Gasteiger partial charge in [0, 0.05) is 5.39 Å². The fraction of sp³-hybridized carbons (Fsp3) is 0.182. The van der Waals surface area contributed by atoms with E-state index in [9.17, 15) is 9.90 Å². The molecule has 1 N–H and O–H groups in total. The van der Waals surface area contributed by atoms with E-state index in [1.807, 2.05) is 48.5 Å². The van der Waals surface area contributed by atoms with E-state index in [1.165, 1.54) is 0 Å². The summed E-state index contributed by atoms with van der Waals surface area (Å²) in [5.74, 6) is -0.0874. The maximum absolute atomic E-state index is 12.0. The molecule has 1 aromatic heterocycles. The van der Waals surface area contributed by atoms with E-state index in [2.05, 4.69) is 6.08 Å². The van der Waals surface area contributed by atoms with Crippen LogP contribution in [0.5, 0.6) is 5.75 Å². The number of fused-ring (bicyclic) bond motifs is 2. The van der Waals surface area contributed by atoms with Crippen molar-refractivity contribution < 1.29 is 14.6 Å². The number of nitrogens with zero attached hydrogens (tertiary/aromatic N) is 1. The SMILES string of the molecule is COc1cccc(/C=C2\CCCc3c2nc2ccccc2c3C(=O)O)c1. The van der Waals surface area contributed by atoms with Crippen LogP contribution in [0, 0.1) is 0 Å². The van der Waals surface area contributed by atoms with Gasteiger partial charge in [0.05, 0.1) is 23.9 Å². The third-order valence-corrected chi connectivity index (χ3v) is 4.82. The van der Waals surface area contributed by atoms with Gasteiger partial charge >= 0.3 is 5.97 Å². The van der Waals surface area contributed by atoms with Crippen molar-refractivity contribution in [3.8, 4) is 5.75 Å². The maximum atomic E-state index is 12.0. The normalized spacial score (nSPS) is 15.0. The maximum Gasteiger partial charge on any atom is 0.336 e. The number of rotatable bonds is 3. The molecule has 1 aliphatic carbocycles. The van der Waals surface area contributed by atoms with Crippen molar-refractivity contribution in [3.05, 3.63) is 70.9 Å². The third kappa shape index (κ3) is 2.84. The summed E-state index contributed by atoms with van der Waals surface area (Å²) in [7, 11) is 1.65. The van der Waals surface area contributed by atoms with Gasteiger partial charge in [-0.15, -0.1) is 0 Å². The van der Waals surface area contributed by atoms with E-state index < -0.39 is 5.97 Å². The zero-order valence-corrected chi connectivity index (χ0v) is 14.5. The molecular formula is C22H19NO3. The Kier molecular flexibility index (Phi) is 4.17. The summed E-state index contributed by atoms with van der Waals surface area (Å²) < 4.78 is 5.30. The Morgan fingerprint density at radius 1 is 1.15 bits per heavy atom. The number of pyridine rings is 1. The van der Waals surface area contributed by atoms with Crippen molar-refractivity contribution >= 4 is 28.5 Å². The Bertz CT molecular complexity index is 1040. The zero-order chi connectivity index (χ0) is 18.1. The van der Waals surface area contributed by atoms with Gasteiger partial charge in [0.2, 0.25) is 0 Å². The molecule has 0 fully saturated rings. The number of hydrogen-bond acceptors (Lipinski definition) is 3. The summed E-state index contributed by atoms with van der Waals surface area (Å²) in [5.41, 5.74) is 4.88. The van der Waals surface area contributed by atoms with Crippen LogP contribution in [0.3, 0.4) is 0 Å². The van der Waals surface area contributed by atoms with Gasteiger partial charge < -0.3 is 9.84 Å². The number of para-hydroxylation sites is 1. The van der Waals surface area contributed by atoms with Gasteiger partial charge in [0.25, 0.3) is 0 Å². The lowest BCUT2D eigenvalue weighted by molar-refractivity contribution is 0.0697. The Morgan fingerprint density at radius 3 is 2.81 bits per heavy atom. The lowest BCUT2D eigenvalue weighted by Crippen LogP contribution is -2.13. The molecule has 26 heavy (non-hydrogen) atoms. The quantitative estimate of drug-likeness (QED) is 0.739. The Balaban J connectivity index is 1.93. The van der Waals surface area contributed by atoms with Crippen LogP contribution in [-0.2, 0) is 6.42 Å². The highest BCUT2D eigenvalue weighted by atomic mass is 16.5. The molecule has 0 spiro atoms. The highest BCUT2D eigenvalue weighted by Gasteiger charge is 2.24. The van der Waals surface area contributed by atoms with Crippen molar-refractivity contribution in [2.24, 2.45) is 0 Å². The minimum Gasteiger partial charge on any atom is -0.497 e. The number of benzene rings is 2. The number of carbonyl (C=O) groups is 1. The topological polar surface area (TPSA) is 59.4 Å². The van der Waals surface area contributed by atoms with Gasteiger partial charge in [-0.1, -0.05) is 30.3 Å². The van der Waals surface area contributed by atoms with E-state index in [-0.39, 0.29) is 0 Å². The van der Waals surface area contributed by atoms with Crippen LogP contribution >= 0.6 is 0 Å². The van der Waals surface area contributed by atoms with E-state index in [4.69, 9.17) is 9.72 Å². The second-order valence-corrected chi connectivity index (χ2v) is 6.44. The lowest BCUT2D eigenvalue weighted by Gasteiger charge is -2.21. The average Bonchev–Trinajstić information content (AvgIpc) is 2.66. The Hall–Kier alpha value is -3.14. The van der Waals surface area contributed by atoms with Gasteiger partial charge in [-0.05, 0) is 60.2 Å². The molecule has 0 saturated heterocycles. The van der Waals surface area contributed by atoms with Crippen LogP contribution in [-0.4, -0.2) is 23.2 Å². The molecule has 0 amide bonds. The van der Waals surface area contributed by atoms with E-state index in [1.54, 1.807) is 7.11 Å². The molecule has 1 aliphatic rings. The van der Waals surface area contributed by atoms with Gasteiger partial charge in [0.15, 0.2) is 0 Å². The first-order valence-electron chi connectivity index (χ1n) is 8.67. The number of carboxylic acids is 1. The molecule has 0 radical (unpaired) electrons. The number of carboxylic acid groups (broad SMARTS) is 1. The second-order valence-electron chi connectivity index (χ2n) is 6.44. The Morgan fingerprint density at radius 2 is 2.00 bits per heavy atom. The number of ether oxygens (including phenoxy) is 1. The van der Waals surface area contributed by atoms with E-state index in [0.717, 1.165) is 52.9 Å². The second kappa shape index (κ2) is 6.64. The van der Waals surface area contributed by atoms with Crippen LogP contribution in [0.1, 0.15) is 40.0 Å². The fourth-order valence-electron chi connectivity index (χ4n) is 3.65. The van der Waals surface area contributed by atoms with Gasteiger partial charge in [-0.3, -0.25) is 0 Å². The van der Waals surface area contributed by atoms with Crippen molar-refractivity contribution in [2.75, 3.05) is 7.11 Å². The van der Waals surface area contributed by atoms with E-state index in [0.29, 0.717) is 10.9 Å². The molecule has 1 heterocycles. The minimum absolute atomic E-state index is 0.391. The highest BCUT2D eigenvalue weighted by Crippen LogP contribution is 2.36. The number of aromatic nitrogens is 1. The van der Waals surface area contributed by atoms with Crippen molar-refractivity contribution in [2.45, 2.75) is 19.3 Å². The first-order chi connectivity index (χ1) is 12.7. The van der Waals surface area contributed by atoms with Crippen molar-refractivity contribution in [1.29, 1.82) is 0 Å². The number of hydrogen-bond donors (Lipinski definition) is 1. The summed E-state index contributed by atoms with van der Waals surface area (Å²) in [5, 5.41) is 10.5. The summed E-state index contributed by atoms with van der Waals surface area (Å²) >= 11 is 0. The van der Waals surface area contributed by atoms with Crippen LogP contribution in [0.15, 0.2) is 48.5 Å². The molecule has 4 rings (SSSR count). The van der Waals surface area contributed by atoms with Gasteiger partial charge in [-0.2, -0.15) is 0 Å². The first-order valence-corrected chi connectivity index (χ1v) is 8.67. The number of allylic oxidation sites excluding steroid dienone is 1. The minimum atomic E-state index is -0.887. The predicted molar refractivity (Wildman–Crippen MR) is 103 cm³/mol. The first kappa shape index (κ1) is 16.3. The molecule has 4 nitrogen and oxygen atoms in total. The molecule has 0 aliphatic heterocycles. The predicted octanol–water partition coefficient (Wildman–Crippen LogP) is 4.82. The molecule has 0 bridgehead atoms. The van der Waals surface area contributed by atoms with Crippen molar-refractivity contribution in [3.63, 3.8) is 0 Å². The summed E-state index contributed by atoms with van der Waals surface area (Å²) in [6.45, 7) is 0. The number of aromatic carboxylic acids is 1. The molecule has 4 heteroatoms. The largest absolute Gasteiger partial charge is 0.497 e. The molecule has 0 unspecified atom stereocenters. The third-order valence-electron chi connectivity index (χ3n) is 4.82. The van der Waals surface area contributed by atoms with Crippen LogP contribution in [0.4, 0.5) is 0 Å². The molecular weight excluding hydrogens is 326 g/mol. The molecule has 3 aromatic rings. The van der Waals surface area contributed by atoms with E-state index >= 15 is 0 Å². The average molecular weight is 345 g/mol. The number of methoxy groups -OCH3 is 1. The zero-order valence-electron chi connectivity index (χ0n) is 14.5. The smallest absolute Gasteiger partial charge is 0.336 e. The lowest BCUT2D eigenvalue weighted by atomic mass is 9.86. The molecule has 2 aromatic carbocycles. The summed E-state index contributed by atoms with van der Waals surface area (Å²) in [6, 6.07) is 15.3. The van der Waals surface area contributed by atoms with Crippen LogP contribution in [0.25, 0.3) is 22.6 Å². The monoisotopic (exact) mass is 345 g/mol. The standard InChI is InChI=1S/C22H19NO3/c1-26-16-8-4-6-14(13-16)12-15-7-5-10-18-20(22(24)25)17-9-2-3-11-19(17)23-21(15)18/h2-4,6,8-9,11-13H,5,7,10H2,1H3,(H,24,25)/b15-12+. The highest BCUT2D eigenvalue weighted by molar-refractivity contribution is 6.05. The summed E-state index contributed by atoms with van der Waals surface area (Å²) in [6.07, 6.45) is 4.63. The van der Waals surface area contributed by atoms with Crippen LogP contribution < -0.4 is 4.74 Å². The molecule has 130 valence electrons. The fourth-order valence-corrected chi connectivity index (χ4v) is 3.65. The molecule has 0 saturated carbocycles. The van der Waals surface area contributed by atoms with Crippen molar-refractivity contribution in [1.82, 2.24) is 4.98 Å².